The Bertz CT molecular complexity index is 632. The van der Waals surface area contributed by atoms with Crippen LogP contribution < -0.4 is 0 Å². The van der Waals surface area contributed by atoms with Gasteiger partial charge in [-0.15, -0.1) is 10.2 Å². The SMILES string of the molecule is Brc1ccc(-n2cnnc2)c2ccccc12. The lowest BCUT2D eigenvalue weighted by Crippen LogP contribution is -1.91. The molecule has 0 radical (unpaired) electrons. The second-order valence-corrected chi connectivity index (χ2v) is 4.34. The van der Waals surface area contributed by atoms with Gasteiger partial charge in [-0.1, -0.05) is 40.2 Å². The predicted octanol–water partition coefficient (Wildman–Crippen LogP) is 3.18. The molecule has 0 atom stereocenters. The summed E-state index contributed by atoms with van der Waals surface area (Å²) >= 11 is 3.55. The van der Waals surface area contributed by atoms with Crippen LogP contribution in [0.15, 0.2) is 53.5 Å². The first-order valence-corrected chi connectivity index (χ1v) is 5.68. The monoisotopic (exact) mass is 273 g/mol. The van der Waals surface area contributed by atoms with Crippen molar-refractivity contribution in [2.75, 3.05) is 0 Å². The Labute approximate surface area is 101 Å². The number of fused-ring (bicyclic) bond motifs is 1. The Morgan fingerprint density at radius 3 is 2.31 bits per heavy atom. The fraction of sp³-hybridized carbons (Fsp3) is 0. The molecule has 0 aliphatic carbocycles. The lowest BCUT2D eigenvalue weighted by Gasteiger charge is -2.07. The minimum absolute atomic E-state index is 1.09. The molecule has 78 valence electrons. The zero-order valence-electron chi connectivity index (χ0n) is 8.34. The molecule has 4 heteroatoms. The van der Waals surface area contributed by atoms with Gasteiger partial charge in [0.1, 0.15) is 12.7 Å². The fourth-order valence-electron chi connectivity index (χ4n) is 1.80. The van der Waals surface area contributed by atoms with Crippen LogP contribution in [0.2, 0.25) is 0 Å². The molecule has 0 saturated heterocycles. The Kier molecular flexibility index (Phi) is 2.22. The topological polar surface area (TPSA) is 30.7 Å². The van der Waals surface area contributed by atoms with Gasteiger partial charge in [-0.2, -0.15) is 0 Å². The summed E-state index contributed by atoms with van der Waals surface area (Å²) < 4.78 is 3.01. The molecular formula is C12H8BrN3. The van der Waals surface area contributed by atoms with E-state index in [0.717, 1.165) is 10.2 Å². The van der Waals surface area contributed by atoms with Gasteiger partial charge in [0.05, 0.1) is 5.69 Å². The van der Waals surface area contributed by atoms with E-state index in [4.69, 9.17) is 0 Å². The van der Waals surface area contributed by atoms with Gasteiger partial charge in [0.15, 0.2) is 0 Å². The summed E-state index contributed by atoms with van der Waals surface area (Å²) in [5.74, 6) is 0. The molecule has 0 saturated carbocycles. The van der Waals surface area contributed by atoms with Crippen molar-refractivity contribution in [1.29, 1.82) is 0 Å². The van der Waals surface area contributed by atoms with E-state index in [-0.39, 0.29) is 0 Å². The van der Waals surface area contributed by atoms with Crippen molar-refractivity contribution in [1.82, 2.24) is 14.8 Å². The summed E-state index contributed by atoms with van der Waals surface area (Å²) in [4.78, 5) is 0. The Hall–Kier alpha value is -1.68. The molecule has 1 aromatic heterocycles. The molecule has 0 aliphatic rings. The summed E-state index contributed by atoms with van der Waals surface area (Å²) in [6.45, 7) is 0. The van der Waals surface area contributed by atoms with E-state index in [1.54, 1.807) is 12.7 Å². The summed E-state index contributed by atoms with van der Waals surface area (Å²) in [6.07, 6.45) is 3.41. The molecule has 3 rings (SSSR count). The molecule has 0 spiro atoms. The predicted molar refractivity (Wildman–Crippen MR) is 66.6 cm³/mol. The third-order valence-corrected chi connectivity index (χ3v) is 3.24. The number of benzene rings is 2. The van der Waals surface area contributed by atoms with Crippen molar-refractivity contribution in [2.45, 2.75) is 0 Å². The van der Waals surface area contributed by atoms with Crippen molar-refractivity contribution in [3.63, 3.8) is 0 Å². The molecular weight excluding hydrogens is 266 g/mol. The summed E-state index contributed by atoms with van der Waals surface area (Å²) in [6, 6.07) is 12.3. The van der Waals surface area contributed by atoms with Crippen LogP contribution in [0.25, 0.3) is 16.5 Å². The van der Waals surface area contributed by atoms with Gasteiger partial charge in [-0.25, -0.2) is 0 Å². The van der Waals surface area contributed by atoms with Crippen LogP contribution in [-0.4, -0.2) is 14.8 Å². The normalized spacial score (nSPS) is 10.8. The molecule has 3 aromatic rings. The molecule has 3 nitrogen and oxygen atoms in total. The molecule has 1 heterocycles. The van der Waals surface area contributed by atoms with Crippen LogP contribution in [0.5, 0.6) is 0 Å². The maximum atomic E-state index is 3.83. The minimum Gasteiger partial charge on any atom is -0.288 e. The van der Waals surface area contributed by atoms with Crippen LogP contribution in [-0.2, 0) is 0 Å². The standard InChI is InChI=1S/C12H8BrN3/c13-11-5-6-12(16-7-14-15-8-16)10-4-2-1-3-9(10)11/h1-8H. The number of rotatable bonds is 1. The maximum Gasteiger partial charge on any atom is 0.123 e. The van der Waals surface area contributed by atoms with E-state index in [1.165, 1.54) is 10.8 Å². The number of nitrogens with zero attached hydrogens (tertiary/aromatic N) is 3. The average molecular weight is 274 g/mol. The second kappa shape index (κ2) is 3.72. The summed E-state index contributed by atoms with van der Waals surface area (Å²) in [7, 11) is 0. The number of halogens is 1. The zero-order chi connectivity index (χ0) is 11.0. The van der Waals surface area contributed by atoms with Crippen molar-refractivity contribution in [3.8, 4) is 5.69 Å². The van der Waals surface area contributed by atoms with Gasteiger partial charge < -0.3 is 0 Å². The minimum atomic E-state index is 1.09. The fourth-order valence-corrected chi connectivity index (χ4v) is 2.27. The van der Waals surface area contributed by atoms with Crippen molar-refractivity contribution in [2.24, 2.45) is 0 Å². The van der Waals surface area contributed by atoms with Crippen molar-refractivity contribution < 1.29 is 0 Å². The number of hydrogen-bond donors (Lipinski definition) is 0. The first-order chi connectivity index (χ1) is 7.86. The molecule has 0 amide bonds. The van der Waals surface area contributed by atoms with Crippen LogP contribution in [0.3, 0.4) is 0 Å². The van der Waals surface area contributed by atoms with E-state index >= 15 is 0 Å². The van der Waals surface area contributed by atoms with Gasteiger partial charge in [0.25, 0.3) is 0 Å². The van der Waals surface area contributed by atoms with Gasteiger partial charge in [0.2, 0.25) is 0 Å². The number of hydrogen-bond acceptors (Lipinski definition) is 2. The van der Waals surface area contributed by atoms with Crippen LogP contribution >= 0.6 is 15.9 Å². The summed E-state index contributed by atoms with van der Waals surface area (Å²) in [5.41, 5.74) is 1.09. The van der Waals surface area contributed by atoms with Gasteiger partial charge >= 0.3 is 0 Å². The highest BCUT2D eigenvalue weighted by Gasteiger charge is 2.05. The van der Waals surface area contributed by atoms with E-state index in [1.807, 2.05) is 22.8 Å². The van der Waals surface area contributed by atoms with E-state index in [9.17, 15) is 0 Å². The second-order valence-electron chi connectivity index (χ2n) is 3.48. The highest BCUT2D eigenvalue weighted by molar-refractivity contribution is 9.10. The Morgan fingerprint density at radius 1 is 0.875 bits per heavy atom. The first-order valence-electron chi connectivity index (χ1n) is 4.88. The largest absolute Gasteiger partial charge is 0.288 e. The Balaban J connectivity index is 2.39. The third kappa shape index (κ3) is 1.42. The molecule has 0 bridgehead atoms. The molecule has 0 N–H and O–H groups in total. The maximum absolute atomic E-state index is 3.83. The van der Waals surface area contributed by atoms with Gasteiger partial charge in [0, 0.05) is 9.86 Å². The van der Waals surface area contributed by atoms with Gasteiger partial charge in [-0.05, 0) is 17.5 Å². The molecule has 2 aromatic carbocycles. The average Bonchev–Trinajstić information content (AvgIpc) is 2.83. The quantitative estimate of drug-likeness (QED) is 0.682. The first kappa shape index (κ1) is 9.54. The highest BCUT2D eigenvalue weighted by Crippen LogP contribution is 2.28. The third-order valence-electron chi connectivity index (χ3n) is 2.54. The van der Waals surface area contributed by atoms with Crippen LogP contribution in [0, 0.1) is 0 Å². The van der Waals surface area contributed by atoms with Crippen LogP contribution in [0.1, 0.15) is 0 Å². The van der Waals surface area contributed by atoms with E-state index < -0.39 is 0 Å². The van der Waals surface area contributed by atoms with Crippen molar-refractivity contribution >= 4 is 26.7 Å². The van der Waals surface area contributed by atoms with Gasteiger partial charge in [-0.3, -0.25) is 4.57 Å². The zero-order valence-corrected chi connectivity index (χ0v) is 9.92. The van der Waals surface area contributed by atoms with E-state index in [2.05, 4.69) is 44.3 Å². The molecule has 0 unspecified atom stereocenters. The highest BCUT2D eigenvalue weighted by atomic mass is 79.9. The van der Waals surface area contributed by atoms with E-state index in [0.29, 0.717) is 0 Å². The Morgan fingerprint density at radius 2 is 1.56 bits per heavy atom. The summed E-state index contributed by atoms with van der Waals surface area (Å²) in [5, 5.41) is 10.0. The molecule has 0 aliphatic heterocycles. The lowest BCUT2D eigenvalue weighted by molar-refractivity contribution is 1.07. The van der Waals surface area contributed by atoms with Crippen molar-refractivity contribution in [3.05, 3.63) is 53.5 Å². The lowest BCUT2D eigenvalue weighted by atomic mass is 10.1. The van der Waals surface area contributed by atoms with Crippen LogP contribution in [0.4, 0.5) is 0 Å². The molecule has 0 fully saturated rings. The molecule has 16 heavy (non-hydrogen) atoms. The smallest absolute Gasteiger partial charge is 0.123 e. The number of aromatic nitrogens is 3.